The van der Waals surface area contributed by atoms with Gasteiger partial charge in [0, 0.05) is 16.1 Å². The highest BCUT2D eigenvalue weighted by Gasteiger charge is 2.11. The van der Waals surface area contributed by atoms with Gasteiger partial charge in [0.2, 0.25) is 0 Å². The molecule has 0 aliphatic carbocycles. The Kier molecular flexibility index (Phi) is 7.21. The first-order valence-electron chi connectivity index (χ1n) is 8.69. The van der Waals surface area contributed by atoms with Crippen LogP contribution in [0.3, 0.4) is 0 Å². The number of carbonyl (C=O) groups excluding carboxylic acids is 1. The Hall–Kier alpha value is -2.46. The van der Waals surface area contributed by atoms with Gasteiger partial charge < -0.3 is 9.47 Å². The lowest BCUT2D eigenvalue weighted by atomic mass is 10.1. The third-order valence-corrected chi connectivity index (χ3v) is 5.13. The van der Waals surface area contributed by atoms with Crippen molar-refractivity contribution in [1.29, 1.82) is 0 Å². The van der Waals surface area contributed by atoms with E-state index in [9.17, 15) is 4.79 Å². The van der Waals surface area contributed by atoms with E-state index in [0.717, 1.165) is 5.56 Å². The molecule has 6 heteroatoms. The fraction of sp³-hybridized carbons (Fsp3) is 0.0870. The van der Waals surface area contributed by atoms with Gasteiger partial charge in [0.05, 0.1) is 17.2 Å². The number of ether oxygens (including phenoxy) is 2. The monoisotopic (exact) mass is 446 g/mol. The first-order valence-corrected chi connectivity index (χ1v) is 9.83. The lowest BCUT2D eigenvalue weighted by molar-refractivity contribution is 0.104. The molecule has 0 atom stereocenters. The highest BCUT2D eigenvalue weighted by molar-refractivity contribution is 6.42. The summed E-state index contributed by atoms with van der Waals surface area (Å²) in [4.78, 5) is 12.4. The summed E-state index contributed by atoms with van der Waals surface area (Å²) >= 11 is 17.9. The van der Waals surface area contributed by atoms with Crippen LogP contribution in [0.2, 0.25) is 15.1 Å². The van der Waals surface area contributed by atoms with E-state index in [1.807, 2.05) is 18.2 Å². The fourth-order valence-electron chi connectivity index (χ4n) is 2.64. The van der Waals surface area contributed by atoms with Crippen LogP contribution in [0.1, 0.15) is 21.5 Å². The summed E-state index contributed by atoms with van der Waals surface area (Å²) in [7, 11) is 1.56. The molecule has 29 heavy (non-hydrogen) atoms. The molecule has 0 fully saturated rings. The van der Waals surface area contributed by atoms with Crippen LogP contribution in [0.5, 0.6) is 11.5 Å². The average molecular weight is 448 g/mol. The number of hydrogen-bond donors (Lipinski definition) is 0. The Morgan fingerprint density at radius 3 is 2.41 bits per heavy atom. The molecule has 0 radical (unpaired) electrons. The number of hydrogen-bond acceptors (Lipinski definition) is 3. The number of carbonyl (C=O) groups is 1. The highest BCUT2D eigenvalue weighted by atomic mass is 35.5. The van der Waals surface area contributed by atoms with Crippen LogP contribution >= 0.6 is 34.8 Å². The molecule has 3 aromatic rings. The largest absolute Gasteiger partial charge is 0.493 e. The fourth-order valence-corrected chi connectivity index (χ4v) is 3.09. The zero-order valence-corrected chi connectivity index (χ0v) is 17.8. The average Bonchev–Trinajstić information content (AvgIpc) is 2.73. The molecule has 3 nitrogen and oxygen atoms in total. The van der Waals surface area contributed by atoms with Gasteiger partial charge in [-0.1, -0.05) is 53.0 Å². The van der Waals surface area contributed by atoms with Crippen LogP contribution in [0.15, 0.2) is 66.7 Å². The Balaban J connectivity index is 1.82. The lowest BCUT2D eigenvalue weighted by Gasteiger charge is -2.14. The molecule has 0 saturated heterocycles. The molecule has 0 spiro atoms. The number of ketones is 1. The van der Waals surface area contributed by atoms with Crippen molar-refractivity contribution in [3.05, 3.63) is 98.5 Å². The maximum absolute atomic E-state index is 12.4. The first kappa shape index (κ1) is 21.3. The molecule has 0 saturated carbocycles. The Bertz CT molecular complexity index is 1040. The molecule has 0 unspecified atom stereocenters. The minimum absolute atomic E-state index is 0.139. The minimum Gasteiger partial charge on any atom is -0.493 e. The van der Waals surface area contributed by atoms with Crippen molar-refractivity contribution in [2.24, 2.45) is 0 Å². The molecule has 0 bridgehead atoms. The molecular formula is C23H17Cl3O3. The summed E-state index contributed by atoms with van der Waals surface area (Å²) in [5, 5.41) is 1.52. The first-order chi connectivity index (χ1) is 14.0. The van der Waals surface area contributed by atoms with Crippen LogP contribution in [0.25, 0.3) is 6.08 Å². The summed E-state index contributed by atoms with van der Waals surface area (Å²) in [6.45, 7) is 0.267. The van der Waals surface area contributed by atoms with Crippen molar-refractivity contribution in [3.8, 4) is 11.5 Å². The molecule has 148 valence electrons. The maximum Gasteiger partial charge on any atom is 0.185 e. The number of benzene rings is 3. The van der Waals surface area contributed by atoms with Gasteiger partial charge >= 0.3 is 0 Å². The Labute approximate surface area is 184 Å². The highest BCUT2D eigenvalue weighted by Crippen LogP contribution is 2.33. The standard InChI is InChI=1S/C23H17Cl3O3/c1-28-22-4-2-3-17(8-12-21(27)16-6-9-18(24)10-7-16)23(22)29-14-15-5-11-19(25)20(26)13-15/h2-13H,14H2,1H3/b12-8+. The van der Waals surface area contributed by atoms with E-state index in [2.05, 4.69) is 0 Å². The summed E-state index contributed by atoms with van der Waals surface area (Å²) in [6.07, 6.45) is 3.19. The van der Waals surface area contributed by atoms with Gasteiger partial charge in [0.25, 0.3) is 0 Å². The number of para-hydroxylation sites is 1. The van der Waals surface area contributed by atoms with E-state index < -0.39 is 0 Å². The third-order valence-electron chi connectivity index (χ3n) is 4.14. The minimum atomic E-state index is -0.139. The van der Waals surface area contributed by atoms with E-state index in [4.69, 9.17) is 44.3 Å². The van der Waals surface area contributed by atoms with Crippen molar-refractivity contribution in [1.82, 2.24) is 0 Å². The number of methoxy groups -OCH3 is 1. The zero-order valence-electron chi connectivity index (χ0n) is 15.5. The summed E-state index contributed by atoms with van der Waals surface area (Å²) in [5.74, 6) is 0.951. The topological polar surface area (TPSA) is 35.5 Å². The van der Waals surface area contributed by atoms with Crippen LogP contribution in [0.4, 0.5) is 0 Å². The van der Waals surface area contributed by atoms with E-state index in [1.54, 1.807) is 55.7 Å². The number of rotatable bonds is 7. The van der Waals surface area contributed by atoms with Crippen LogP contribution in [0, 0.1) is 0 Å². The van der Waals surface area contributed by atoms with E-state index in [0.29, 0.717) is 37.7 Å². The maximum atomic E-state index is 12.4. The Morgan fingerprint density at radius 1 is 0.966 bits per heavy atom. The lowest BCUT2D eigenvalue weighted by Crippen LogP contribution is -2.00. The summed E-state index contributed by atoms with van der Waals surface area (Å²) in [5.41, 5.74) is 2.12. The summed E-state index contributed by atoms with van der Waals surface area (Å²) in [6, 6.07) is 17.5. The normalized spacial score (nSPS) is 10.9. The molecule has 0 aromatic heterocycles. The molecule has 0 aliphatic rings. The van der Waals surface area contributed by atoms with Gasteiger partial charge in [-0.05, 0) is 60.2 Å². The molecule has 3 rings (SSSR count). The molecule has 0 aliphatic heterocycles. The second-order valence-electron chi connectivity index (χ2n) is 6.12. The van der Waals surface area contributed by atoms with Crippen LogP contribution in [-0.2, 0) is 6.61 Å². The van der Waals surface area contributed by atoms with Gasteiger partial charge in [-0.15, -0.1) is 0 Å². The second-order valence-corrected chi connectivity index (χ2v) is 7.37. The SMILES string of the molecule is COc1cccc(/C=C/C(=O)c2ccc(Cl)cc2)c1OCc1ccc(Cl)c(Cl)c1. The predicted octanol–water partition coefficient (Wildman–Crippen LogP) is 7.13. The quantitative estimate of drug-likeness (QED) is 0.285. The predicted molar refractivity (Wildman–Crippen MR) is 119 cm³/mol. The molecule has 0 N–H and O–H groups in total. The third kappa shape index (κ3) is 5.54. The second kappa shape index (κ2) is 9.84. The number of allylic oxidation sites excluding steroid dienone is 1. The molecular weight excluding hydrogens is 431 g/mol. The van der Waals surface area contributed by atoms with Gasteiger partial charge in [-0.2, -0.15) is 0 Å². The van der Waals surface area contributed by atoms with E-state index in [-0.39, 0.29) is 12.4 Å². The van der Waals surface area contributed by atoms with Crippen LogP contribution in [-0.4, -0.2) is 12.9 Å². The van der Waals surface area contributed by atoms with Crippen molar-refractivity contribution in [2.45, 2.75) is 6.61 Å². The van der Waals surface area contributed by atoms with Crippen molar-refractivity contribution >= 4 is 46.7 Å². The van der Waals surface area contributed by atoms with E-state index >= 15 is 0 Å². The van der Waals surface area contributed by atoms with Gasteiger partial charge in [-0.3, -0.25) is 4.79 Å². The van der Waals surface area contributed by atoms with Crippen molar-refractivity contribution < 1.29 is 14.3 Å². The smallest absolute Gasteiger partial charge is 0.185 e. The number of halogens is 3. The van der Waals surface area contributed by atoms with Gasteiger partial charge in [0.15, 0.2) is 17.3 Å². The Morgan fingerprint density at radius 2 is 1.72 bits per heavy atom. The molecule has 3 aromatic carbocycles. The zero-order chi connectivity index (χ0) is 20.8. The molecule has 0 heterocycles. The van der Waals surface area contributed by atoms with Gasteiger partial charge in [0.1, 0.15) is 6.61 Å². The van der Waals surface area contributed by atoms with Crippen LogP contribution < -0.4 is 9.47 Å². The van der Waals surface area contributed by atoms with Gasteiger partial charge in [-0.25, -0.2) is 0 Å². The summed E-state index contributed by atoms with van der Waals surface area (Å²) < 4.78 is 11.4. The van der Waals surface area contributed by atoms with Crippen molar-refractivity contribution in [3.63, 3.8) is 0 Å². The van der Waals surface area contributed by atoms with E-state index in [1.165, 1.54) is 6.08 Å². The van der Waals surface area contributed by atoms with Crippen molar-refractivity contribution in [2.75, 3.05) is 7.11 Å². The molecule has 0 amide bonds.